The minimum absolute atomic E-state index is 0.789. The fraction of sp³-hybridized carbons (Fsp3) is 0.385. The van der Waals surface area contributed by atoms with Gasteiger partial charge in [0, 0.05) is 43.6 Å². The first kappa shape index (κ1) is 13.9. The van der Waals surface area contributed by atoms with Gasteiger partial charge in [0.25, 0.3) is 0 Å². The highest BCUT2D eigenvalue weighted by Gasteiger charge is 2.10. The van der Waals surface area contributed by atoms with Crippen LogP contribution in [0.1, 0.15) is 12.7 Å². The van der Waals surface area contributed by atoms with Gasteiger partial charge in [-0.25, -0.2) is 9.97 Å². The molecule has 0 fully saturated rings. The van der Waals surface area contributed by atoms with E-state index in [1.54, 1.807) is 30.4 Å². The van der Waals surface area contributed by atoms with E-state index in [9.17, 15) is 0 Å². The van der Waals surface area contributed by atoms with Crippen molar-refractivity contribution in [2.75, 3.05) is 5.75 Å². The fourth-order valence-electron chi connectivity index (χ4n) is 2.16. The van der Waals surface area contributed by atoms with Crippen LogP contribution in [0.2, 0.25) is 0 Å². The van der Waals surface area contributed by atoms with Crippen molar-refractivity contribution in [3.8, 4) is 11.6 Å². The Morgan fingerprint density at radius 2 is 2.14 bits per heavy atom. The highest BCUT2D eigenvalue weighted by molar-refractivity contribution is 7.99. The Bertz CT molecular complexity index is 698. The first-order chi connectivity index (χ1) is 10.3. The maximum Gasteiger partial charge on any atom is 0.191 e. The Labute approximate surface area is 126 Å². The summed E-state index contributed by atoms with van der Waals surface area (Å²) in [5, 5.41) is 9.30. The van der Waals surface area contributed by atoms with Crippen LogP contribution in [0.25, 0.3) is 11.6 Å². The van der Waals surface area contributed by atoms with Gasteiger partial charge in [0.1, 0.15) is 5.82 Å². The minimum atomic E-state index is 0.789. The molecule has 7 nitrogen and oxygen atoms in total. The Morgan fingerprint density at radius 1 is 1.24 bits per heavy atom. The van der Waals surface area contributed by atoms with Crippen molar-refractivity contribution in [1.29, 1.82) is 0 Å². The van der Waals surface area contributed by atoms with Crippen molar-refractivity contribution in [3.63, 3.8) is 0 Å². The number of nitrogens with one attached hydrogen (secondary N) is 1. The Hall–Kier alpha value is -2.09. The molecule has 8 heteroatoms. The zero-order valence-corrected chi connectivity index (χ0v) is 12.8. The molecule has 0 saturated heterocycles. The highest BCUT2D eigenvalue weighted by Crippen LogP contribution is 2.18. The monoisotopic (exact) mass is 303 g/mol. The maximum absolute atomic E-state index is 4.35. The van der Waals surface area contributed by atoms with Crippen LogP contribution in [-0.2, 0) is 13.1 Å². The first-order valence-corrected chi connectivity index (χ1v) is 7.81. The molecule has 0 spiro atoms. The van der Waals surface area contributed by atoms with Gasteiger partial charge in [0.15, 0.2) is 16.8 Å². The van der Waals surface area contributed by atoms with Gasteiger partial charge in [-0.1, -0.05) is 11.8 Å². The topological polar surface area (TPSA) is 77.2 Å². The third-order valence-corrected chi connectivity index (χ3v) is 4.15. The summed E-state index contributed by atoms with van der Waals surface area (Å²) in [6.07, 6.45) is 7.29. The summed E-state index contributed by atoms with van der Waals surface area (Å²) >= 11 is 1.71. The van der Waals surface area contributed by atoms with E-state index in [2.05, 4.69) is 41.2 Å². The molecule has 0 bridgehead atoms. The van der Waals surface area contributed by atoms with Crippen LogP contribution in [0.5, 0.6) is 0 Å². The molecule has 3 rings (SSSR count). The number of thioether (sulfide) groups is 1. The zero-order chi connectivity index (χ0) is 14.7. The van der Waals surface area contributed by atoms with E-state index in [1.165, 1.54) is 0 Å². The average Bonchev–Trinajstić information content (AvgIpc) is 3.19. The molecule has 0 amide bonds. The second-order valence-corrected chi connectivity index (χ2v) is 5.57. The summed E-state index contributed by atoms with van der Waals surface area (Å²) in [5.74, 6) is 3.51. The molecule has 3 aromatic rings. The molecule has 0 aromatic carbocycles. The number of imidazole rings is 2. The molecule has 0 radical (unpaired) electrons. The van der Waals surface area contributed by atoms with E-state index in [0.29, 0.717) is 0 Å². The van der Waals surface area contributed by atoms with Crippen molar-refractivity contribution in [3.05, 3.63) is 30.6 Å². The van der Waals surface area contributed by atoms with Crippen LogP contribution in [-0.4, -0.2) is 40.0 Å². The van der Waals surface area contributed by atoms with Crippen LogP contribution < -0.4 is 0 Å². The van der Waals surface area contributed by atoms with Gasteiger partial charge < -0.3 is 14.1 Å². The van der Waals surface area contributed by atoms with Crippen molar-refractivity contribution < 1.29 is 0 Å². The lowest BCUT2D eigenvalue weighted by molar-refractivity contribution is 0.660. The predicted molar refractivity (Wildman–Crippen MR) is 81.0 cm³/mol. The van der Waals surface area contributed by atoms with E-state index in [4.69, 9.17) is 0 Å². The quantitative estimate of drug-likeness (QED) is 0.705. The average molecular weight is 303 g/mol. The number of hydrogen-bond acceptors (Lipinski definition) is 5. The highest BCUT2D eigenvalue weighted by atomic mass is 32.2. The molecular weight excluding hydrogens is 286 g/mol. The van der Waals surface area contributed by atoms with E-state index >= 15 is 0 Å². The van der Waals surface area contributed by atoms with Crippen molar-refractivity contribution in [2.45, 2.75) is 32.1 Å². The summed E-state index contributed by atoms with van der Waals surface area (Å²) in [6, 6.07) is 0. The normalized spacial score (nSPS) is 11.1. The van der Waals surface area contributed by atoms with Gasteiger partial charge in [-0.2, -0.15) is 0 Å². The molecule has 0 saturated carbocycles. The van der Waals surface area contributed by atoms with E-state index in [1.807, 2.05) is 13.1 Å². The largest absolute Gasteiger partial charge is 0.342 e. The molecule has 0 aliphatic rings. The van der Waals surface area contributed by atoms with Crippen molar-refractivity contribution in [2.24, 2.45) is 0 Å². The Morgan fingerprint density at radius 3 is 2.90 bits per heavy atom. The summed E-state index contributed by atoms with van der Waals surface area (Å²) in [7, 11) is 0. The summed E-state index contributed by atoms with van der Waals surface area (Å²) < 4.78 is 4.21. The molecule has 1 N–H and O–H groups in total. The predicted octanol–water partition coefficient (Wildman–Crippen LogP) is 1.99. The van der Waals surface area contributed by atoms with Gasteiger partial charge in [-0.05, 0) is 13.8 Å². The van der Waals surface area contributed by atoms with E-state index in [0.717, 1.165) is 41.5 Å². The Balaban J connectivity index is 1.65. The minimum Gasteiger partial charge on any atom is -0.342 e. The van der Waals surface area contributed by atoms with Crippen LogP contribution in [0.15, 0.2) is 29.9 Å². The number of hydrogen-bond donors (Lipinski definition) is 1. The number of aromatic nitrogens is 7. The standard InChI is InChI=1S/C13H17N7S/c1-3-20-10(2)17-18-13(20)21-9-8-19-7-6-16-12(19)11-14-4-5-15-11/h4-7H,3,8-9H2,1-2H3,(H,14,15). The van der Waals surface area contributed by atoms with Crippen molar-refractivity contribution >= 4 is 11.8 Å². The summed E-state index contributed by atoms with van der Waals surface area (Å²) in [4.78, 5) is 11.7. The fourth-order valence-corrected chi connectivity index (χ4v) is 3.15. The molecule has 3 aromatic heterocycles. The lowest BCUT2D eigenvalue weighted by atomic mass is 10.5. The SMILES string of the molecule is CCn1c(C)nnc1SCCn1ccnc1-c1ncc[nH]1. The molecule has 0 aliphatic carbocycles. The summed E-state index contributed by atoms with van der Waals surface area (Å²) in [6.45, 7) is 5.82. The molecule has 0 atom stereocenters. The molecule has 21 heavy (non-hydrogen) atoms. The smallest absolute Gasteiger partial charge is 0.191 e. The molecular formula is C13H17N7S. The lowest BCUT2D eigenvalue weighted by Crippen LogP contribution is -2.04. The van der Waals surface area contributed by atoms with Gasteiger partial charge >= 0.3 is 0 Å². The number of rotatable bonds is 6. The van der Waals surface area contributed by atoms with E-state index < -0.39 is 0 Å². The summed E-state index contributed by atoms with van der Waals surface area (Å²) in [5.41, 5.74) is 0. The molecule has 0 unspecified atom stereocenters. The van der Waals surface area contributed by atoms with Gasteiger partial charge in [0.2, 0.25) is 0 Å². The van der Waals surface area contributed by atoms with Gasteiger partial charge in [-0.15, -0.1) is 10.2 Å². The number of aromatic amines is 1. The van der Waals surface area contributed by atoms with E-state index in [-0.39, 0.29) is 0 Å². The van der Waals surface area contributed by atoms with Crippen LogP contribution in [0.4, 0.5) is 0 Å². The second-order valence-electron chi connectivity index (χ2n) is 4.50. The third kappa shape index (κ3) is 2.85. The van der Waals surface area contributed by atoms with Gasteiger partial charge in [-0.3, -0.25) is 0 Å². The number of H-pyrrole nitrogens is 1. The molecule has 3 heterocycles. The zero-order valence-electron chi connectivity index (χ0n) is 12.0. The Kier molecular flexibility index (Phi) is 4.05. The van der Waals surface area contributed by atoms with Crippen molar-refractivity contribution in [1.82, 2.24) is 34.3 Å². The molecule has 0 aliphatic heterocycles. The number of nitrogens with zero attached hydrogens (tertiary/aromatic N) is 6. The van der Waals surface area contributed by atoms with Crippen LogP contribution in [0.3, 0.4) is 0 Å². The molecule has 110 valence electrons. The second kappa shape index (κ2) is 6.13. The number of aryl methyl sites for hydroxylation is 2. The third-order valence-electron chi connectivity index (χ3n) is 3.21. The first-order valence-electron chi connectivity index (χ1n) is 6.83. The van der Waals surface area contributed by atoms with Crippen LogP contribution in [0, 0.1) is 6.92 Å². The lowest BCUT2D eigenvalue weighted by Gasteiger charge is -2.07. The maximum atomic E-state index is 4.35. The van der Waals surface area contributed by atoms with Gasteiger partial charge in [0.05, 0.1) is 0 Å². The van der Waals surface area contributed by atoms with Crippen LogP contribution >= 0.6 is 11.8 Å².